The molecular formula is C12H18N2O2S. The first kappa shape index (κ1) is 13.7. The lowest BCUT2D eigenvalue weighted by Gasteiger charge is -2.26. The van der Waals surface area contributed by atoms with Gasteiger partial charge in [-0.25, -0.2) is 0 Å². The summed E-state index contributed by atoms with van der Waals surface area (Å²) in [4.78, 5) is 14.4. The first-order chi connectivity index (χ1) is 7.93. The number of aryl methyl sites for hydroxylation is 1. The Kier molecular flexibility index (Phi) is 4.69. The highest BCUT2D eigenvalue weighted by Crippen LogP contribution is 2.14. The highest BCUT2D eigenvalue weighted by molar-refractivity contribution is 7.80. The molecule has 0 atom stereocenters. The van der Waals surface area contributed by atoms with Crippen molar-refractivity contribution in [2.45, 2.75) is 33.2 Å². The van der Waals surface area contributed by atoms with Gasteiger partial charge in [-0.1, -0.05) is 12.2 Å². The molecule has 94 valence electrons. The summed E-state index contributed by atoms with van der Waals surface area (Å²) >= 11 is 4.83. The van der Waals surface area contributed by atoms with E-state index in [0.29, 0.717) is 29.3 Å². The SMILES string of the molecule is Cc1occc1C(=O)N(CCC(N)=S)C(C)C. The normalized spacial score (nSPS) is 10.6. The lowest BCUT2D eigenvalue weighted by atomic mass is 10.2. The number of carbonyl (C=O) groups is 1. The molecule has 0 bridgehead atoms. The Morgan fingerprint density at radius 3 is 2.65 bits per heavy atom. The molecule has 1 rings (SSSR count). The summed E-state index contributed by atoms with van der Waals surface area (Å²) in [7, 11) is 0. The van der Waals surface area contributed by atoms with Gasteiger partial charge in [-0.15, -0.1) is 0 Å². The van der Waals surface area contributed by atoms with Gasteiger partial charge >= 0.3 is 0 Å². The Balaban J connectivity index is 2.81. The Hall–Kier alpha value is -1.36. The standard InChI is InChI=1S/C12H18N2O2S/c1-8(2)14(6-4-11(13)17)12(15)10-5-7-16-9(10)3/h5,7-8H,4,6H2,1-3H3,(H2,13,17). The second-order valence-electron chi connectivity index (χ2n) is 4.20. The quantitative estimate of drug-likeness (QED) is 0.818. The number of nitrogens with zero attached hydrogens (tertiary/aromatic N) is 1. The molecule has 0 fully saturated rings. The zero-order valence-electron chi connectivity index (χ0n) is 10.4. The molecule has 1 heterocycles. The Bertz CT molecular complexity index is 412. The topological polar surface area (TPSA) is 59.5 Å². The van der Waals surface area contributed by atoms with Crippen LogP contribution in [0.1, 0.15) is 36.4 Å². The van der Waals surface area contributed by atoms with Gasteiger partial charge in [0.1, 0.15) is 5.76 Å². The van der Waals surface area contributed by atoms with Crippen molar-refractivity contribution in [3.8, 4) is 0 Å². The molecule has 0 saturated carbocycles. The molecule has 0 aliphatic rings. The number of rotatable bonds is 5. The zero-order chi connectivity index (χ0) is 13.0. The van der Waals surface area contributed by atoms with Crippen LogP contribution in [0, 0.1) is 6.92 Å². The molecule has 0 saturated heterocycles. The number of furan rings is 1. The first-order valence-electron chi connectivity index (χ1n) is 5.57. The molecular weight excluding hydrogens is 236 g/mol. The summed E-state index contributed by atoms with van der Waals surface area (Å²) < 4.78 is 5.14. The van der Waals surface area contributed by atoms with Crippen molar-refractivity contribution in [2.75, 3.05) is 6.54 Å². The molecule has 2 N–H and O–H groups in total. The van der Waals surface area contributed by atoms with Crippen molar-refractivity contribution in [3.63, 3.8) is 0 Å². The van der Waals surface area contributed by atoms with Crippen LogP contribution in [0.4, 0.5) is 0 Å². The van der Waals surface area contributed by atoms with Gasteiger partial charge in [0.2, 0.25) is 0 Å². The van der Waals surface area contributed by atoms with Gasteiger partial charge in [0.15, 0.2) is 0 Å². The largest absolute Gasteiger partial charge is 0.469 e. The average molecular weight is 254 g/mol. The average Bonchev–Trinajstić information content (AvgIpc) is 2.63. The maximum absolute atomic E-state index is 12.3. The Morgan fingerprint density at radius 1 is 1.59 bits per heavy atom. The van der Waals surface area contributed by atoms with E-state index in [-0.39, 0.29) is 11.9 Å². The number of hydrogen-bond acceptors (Lipinski definition) is 3. The van der Waals surface area contributed by atoms with Crippen LogP contribution < -0.4 is 5.73 Å². The maximum atomic E-state index is 12.3. The second-order valence-corrected chi connectivity index (χ2v) is 4.72. The maximum Gasteiger partial charge on any atom is 0.257 e. The van der Waals surface area contributed by atoms with Crippen LogP contribution >= 0.6 is 12.2 Å². The van der Waals surface area contributed by atoms with E-state index in [1.54, 1.807) is 17.9 Å². The van der Waals surface area contributed by atoms with Crippen molar-refractivity contribution < 1.29 is 9.21 Å². The van der Waals surface area contributed by atoms with E-state index in [4.69, 9.17) is 22.4 Å². The van der Waals surface area contributed by atoms with Crippen LogP contribution in [-0.4, -0.2) is 28.4 Å². The summed E-state index contributed by atoms with van der Waals surface area (Å²) in [5.41, 5.74) is 6.06. The molecule has 1 aromatic rings. The van der Waals surface area contributed by atoms with Gasteiger partial charge in [0.05, 0.1) is 16.8 Å². The van der Waals surface area contributed by atoms with E-state index in [1.165, 1.54) is 6.26 Å². The predicted molar refractivity (Wildman–Crippen MR) is 71.0 cm³/mol. The molecule has 4 nitrogen and oxygen atoms in total. The van der Waals surface area contributed by atoms with E-state index in [2.05, 4.69) is 0 Å². The summed E-state index contributed by atoms with van der Waals surface area (Å²) in [5.74, 6) is 0.596. The summed E-state index contributed by atoms with van der Waals surface area (Å²) in [6.07, 6.45) is 2.06. The molecule has 5 heteroatoms. The van der Waals surface area contributed by atoms with Crippen molar-refractivity contribution in [2.24, 2.45) is 5.73 Å². The fourth-order valence-electron chi connectivity index (χ4n) is 1.59. The minimum atomic E-state index is -0.0394. The highest BCUT2D eigenvalue weighted by atomic mass is 32.1. The molecule has 1 aromatic heterocycles. The third kappa shape index (κ3) is 3.56. The highest BCUT2D eigenvalue weighted by Gasteiger charge is 2.21. The number of carbonyl (C=O) groups excluding carboxylic acids is 1. The molecule has 0 aliphatic carbocycles. The fraction of sp³-hybridized carbons (Fsp3) is 0.500. The van der Waals surface area contributed by atoms with Crippen LogP contribution in [0.25, 0.3) is 0 Å². The Labute approximate surface area is 107 Å². The molecule has 0 spiro atoms. The van der Waals surface area contributed by atoms with E-state index in [1.807, 2.05) is 13.8 Å². The smallest absolute Gasteiger partial charge is 0.257 e. The van der Waals surface area contributed by atoms with Crippen LogP contribution in [0.5, 0.6) is 0 Å². The van der Waals surface area contributed by atoms with E-state index >= 15 is 0 Å². The van der Waals surface area contributed by atoms with Crippen molar-refractivity contribution >= 4 is 23.1 Å². The van der Waals surface area contributed by atoms with E-state index in [0.717, 1.165) is 0 Å². The van der Waals surface area contributed by atoms with E-state index in [9.17, 15) is 4.79 Å². The minimum Gasteiger partial charge on any atom is -0.469 e. The summed E-state index contributed by atoms with van der Waals surface area (Å²) in [5, 5.41) is 0. The van der Waals surface area contributed by atoms with Gasteiger partial charge in [0, 0.05) is 19.0 Å². The minimum absolute atomic E-state index is 0.0394. The fourth-order valence-corrected chi connectivity index (χ4v) is 1.68. The van der Waals surface area contributed by atoms with Crippen molar-refractivity contribution in [1.82, 2.24) is 4.90 Å². The molecule has 0 radical (unpaired) electrons. The summed E-state index contributed by atoms with van der Waals surface area (Å²) in [6.45, 7) is 6.25. The van der Waals surface area contributed by atoms with Crippen LogP contribution in [0.2, 0.25) is 0 Å². The first-order valence-corrected chi connectivity index (χ1v) is 5.97. The van der Waals surface area contributed by atoms with Crippen molar-refractivity contribution in [3.05, 3.63) is 23.7 Å². The zero-order valence-corrected chi connectivity index (χ0v) is 11.2. The predicted octanol–water partition coefficient (Wildman–Crippen LogP) is 2.11. The van der Waals surface area contributed by atoms with Gasteiger partial charge in [-0.2, -0.15) is 0 Å². The number of amides is 1. The number of nitrogens with two attached hydrogens (primary N) is 1. The Morgan fingerprint density at radius 2 is 2.24 bits per heavy atom. The molecule has 0 aliphatic heterocycles. The number of thiocarbonyl (C=S) groups is 1. The van der Waals surface area contributed by atoms with Crippen LogP contribution in [0.3, 0.4) is 0 Å². The third-order valence-electron chi connectivity index (χ3n) is 2.57. The van der Waals surface area contributed by atoms with Crippen LogP contribution in [-0.2, 0) is 0 Å². The van der Waals surface area contributed by atoms with E-state index < -0.39 is 0 Å². The molecule has 17 heavy (non-hydrogen) atoms. The van der Waals surface area contributed by atoms with Crippen LogP contribution in [0.15, 0.2) is 16.7 Å². The lowest BCUT2D eigenvalue weighted by Crippen LogP contribution is -2.39. The summed E-state index contributed by atoms with van der Waals surface area (Å²) in [6, 6.07) is 1.79. The lowest BCUT2D eigenvalue weighted by molar-refractivity contribution is 0.0710. The molecule has 0 unspecified atom stereocenters. The van der Waals surface area contributed by atoms with Gasteiger partial charge in [0.25, 0.3) is 5.91 Å². The molecule has 0 aromatic carbocycles. The molecule has 1 amide bonds. The monoisotopic (exact) mass is 254 g/mol. The van der Waals surface area contributed by atoms with Crippen molar-refractivity contribution in [1.29, 1.82) is 0 Å². The van der Waals surface area contributed by atoms with Gasteiger partial charge < -0.3 is 15.1 Å². The number of hydrogen-bond donors (Lipinski definition) is 1. The van der Waals surface area contributed by atoms with Gasteiger partial charge in [-0.05, 0) is 26.8 Å². The second kappa shape index (κ2) is 5.82. The third-order valence-corrected chi connectivity index (χ3v) is 2.78. The van der Waals surface area contributed by atoms with Gasteiger partial charge in [-0.3, -0.25) is 4.79 Å².